The third-order valence-electron chi connectivity index (χ3n) is 4.48. The molecule has 4 nitrogen and oxygen atoms in total. The average Bonchev–Trinajstić information content (AvgIpc) is 2.61. The Morgan fingerprint density at radius 2 is 1.88 bits per heavy atom. The molecule has 6 heteroatoms. The highest BCUT2D eigenvalue weighted by Gasteiger charge is 2.35. The number of hydrogen-bond acceptors (Lipinski definition) is 2. The van der Waals surface area contributed by atoms with E-state index in [0.717, 1.165) is 11.6 Å². The lowest BCUT2D eigenvalue weighted by molar-refractivity contribution is -0.151. The van der Waals surface area contributed by atoms with Crippen molar-refractivity contribution in [2.24, 2.45) is 0 Å². The first kappa shape index (κ1) is 17.1. The Morgan fingerprint density at radius 3 is 2.64 bits per heavy atom. The van der Waals surface area contributed by atoms with Gasteiger partial charge in [0.2, 0.25) is 5.91 Å². The number of carboxylic acids is 1. The lowest BCUT2D eigenvalue weighted by Crippen LogP contribution is -2.43. The highest BCUT2D eigenvalue weighted by Crippen LogP contribution is 2.30. The molecule has 0 spiro atoms. The summed E-state index contributed by atoms with van der Waals surface area (Å²) in [5.74, 6) is -3.41. The van der Waals surface area contributed by atoms with Crippen LogP contribution in [0.2, 0.25) is 0 Å². The Labute approximate surface area is 143 Å². The lowest BCUT2D eigenvalue weighted by atomic mass is 9.92. The zero-order valence-electron chi connectivity index (χ0n) is 13.4. The summed E-state index contributed by atoms with van der Waals surface area (Å²) in [6.45, 7) is 0.290. The number of fused-ring (bicyclic) bond motifs is 1. The van der Waals surface area contributed by atoms with Gasteiger partial charge in [-0.05, 0) is 35.6 Å². The molecule has 0 radical (unpaired) electrons. The number of amides is 1. The van der Waals surface area contributed by atoms with Crippen molar-refractivity contribution in [3.8, 4) is 0 Å². The summed E-state index contributed by atoms with van der Waals surface area (Å²) in [6, 6.07) is 9.92. The first-order valence-electron chi connectivity index (χ1n) is 8.02. The maximum absolute atomic E-state index is 13.7. The fourth-order valence-corrected chi connectivity index (χ4v) is 3.23. The molecule has 0 bridgehead atoms. The molecule has 25 heavy (non-hydrogen) atoms. The first-order chi connectivity index (χ1) is 12.0. The maximum Gasteiger partial charge on any atom is 0.331 e. The summed E-state index contributed by atoms with van der Waals surface area (Å²) in [5.41, 5.74) is 1.62. The van der Waals surface area contributed by atoms with Crippen LogP contribution in [0.4, 0.5) is 8.78 Å². The fourth-order valence-electron chi connectivity index (χ4n) is 3.23. The highest BCUT2D eigenvalue weighted by molar-refractivity contribution is 5.85. The molecule has 1 N–H and O–H groups in total. The van der Waals surface area contributed by atoms with Crippen LogP contribution in [0, 0.1) is 11.6 Å². The summed E-state index contributed by atoms with van der Waals surface area (Å²) in [6.07, 6.45) is 0.513. The van der Waals surface area contributed by atoms with E-state index in [0.29, 0.717) is 18.5 Å². The summed E-state index contributed by atoms with van der Waals surface area (Å²) in [5, 5.41) is 9.57. The van der Waals surface area contributed by atoms with E-state index in [2.05, 4.69) is 0 Å². The molecule has 3 rings (SSSR count). The van der Waals surface area contributed by atoms with Gasteiger partial charge in [0.15, 0.2) is 17.7 Å². The standard InChI is InChI=1S/C19H17F2NO3/c20-15-7-3-5-13(17(15)21)8-9-16(23)22-11-10-12-4-1-2-6-14(12)18(22)19(24)25/h1-7,18H,8-11H2,(H,24,25). The molecule has 0 saturated heterocycles. The third-order valence-corrected chi connectivity index (χ3v) is 4.48. The molecule has 2 aromatic rings. The van der Waals surface area contributed by atoms with Gasteiger partial charge >= 0.3 is 5.97 Å². The van der Waals surface area contributed by atoms with Crippen molar-refractivity contribution in [2.75, 3.05) is 6.54 Å². The van der Waals surface area contributed by atoms with Crippen molar-refractivity contribution in [2.45, 2.75) is 25.3 Å². The van der Waals surface area contributed by atoms with Crippen molar-refractivity contribution >= 4 is 11.9 Å². The molecular weight excluding hydrogens is 328 g/mol. The number of carbonyl (C=O) groups is 2. The van der Waals surface area contributed by atoms with E-state index in [4.69, 9.17) is 0 Å². The number of hydrogen-bond donors (Lipinski definition) is 1. The molecule has 0 aromatic heterocycles. The van der Waals surface area contributed by atoms with E-state index in [1.54, 1.807) is 12.1 Å². The SMILES string of the molecule is O=C(O)C1c2ccccc2CCN1C(=O)CCc1cccc(F)c1F. The van der Waals surface area contributed by atoms with Crippen molar-refractivity contribution < 1.29 is 23.5 Å². The minimum absolute atomic E-state index is 0.0207. The monoisotopic (exact) mass is 345 g/mol. The molecule has 1 atom stereocenters. The van der Waals surface area contributed by atoms with Gasteiger partial charge in [-0.25, -0.2) is 13.6 Å². The fraction of sp³-hybridized carbons (Fsp3) is 0.263. The smallest absolute Gasteiger partial charge is 0.331 e. The molecule has 1 aliphatic rings. The van der Waals surface area contributed by atoms with Gasteiger partial charge in [0.05, 0.1) is 0 Å². The maximum atomic E-state index is 13.7. The van der Waals surface area contributed by atoms with E-state index in [9.17, 15) is 23.5 Å². The summed E-state index contributed by atoms with van der Waals surface area (Å²) in [4.78, 5) is 25.5. The Bertz CT molecular complexity index is 822. The number of aryl methyl sites for hydroxylation is 1. The molecule has 0 fully saturated rings. The minimum Gasteiger partial charge on any atom is -0.479 e. The van der Waals surface area contributed by atoms with Crippen LogP contribution >= 0.6 is 0 Å². The van der Waals surface area contributed by atoms with Crippen molar-refractivity contribution in [3.05, 3.63) is 70.8 Å². The van der Waals surface area contributed by atoms with Crippen LogP contribution in [0.15, 0.2) is 42.5 Å². The first-order valence-corrected chi connectivity index (χ1v) is 8.02. The second-order valence-electron chi connectivity index (χ2n) is 5.99. The van der Waals surface area contributed by atoms with Gasteiger partial charge in [0, 0.05) is 13.0 Å². The Morgan fingerprint density at radius 1 is 1.12 bits per heavy atom. The van der Waals surface area contributed by atoms with Crippen molar-refractivity contribution in [3.63, 3.8) is 0 Å². The topological polar surface area (TPSA) is 57.6 Å². The van der Waals surface area contributed by atoms with Gasteiger partial charge in [0.1, 0.15) is 0 Å². The average molecular weight is 345 g/mol. The molecule has 0 saturated carbocycles. The van der Waals surface area contributed by atoms with Crippen LogP contribution in [0.3, 0.4) is 0 Å². The molecular formula is C19H17F2NO3. The number of nitrogens with zero attached hydrogens (tertiary/aromatic N) is 1. The van der Waals surface area contributed by atoms with Crippen LogP contribution in [0.1, 0.15) is 29.2 Å². The van der Waals surface area contributed by atoms with Crippen LogP contribution < -0.4 is 0 Å². The number of benzene rings is 2. The van der Waals surface area contributed by atoms with Crippen LogP contribution in [-0.4, -0.2) is 28.4 Å². The highest BCUT2D eigenvalue weighted by atomic mass is 19.2. The van der Waals surface area contributed by atoms with Gasteiger partial charge < -0.3 is 10.0 Å². The quantitative estimate of drug-likeness (QED) is 0.926. The second-order valence-corrected chi connectivity index (χ2v) is 5.99. The van der Waals surface area contributed by atoms with E-state index in [1.165, 1.54) is 17.0 Å². The zero-order valence-corrected chi connectivity index (χ0v) is 13.4. The van der Waals surface area contributed by atoms with Gasteiger partial charge in [0.25, 0.3) is 0 Å². The van der Waals surface area contributed by atoms with Gasteiger partial charge in [-0.3, -0.25) is 4.79 Å². The Balaban J connectivity index is 1.77. The van der Waals surface area contributed by atoms with Gasteiger partial charge in [-0.15, -0.1) is 0 Å². The lowest BCUT2D eigenvalue weighted by Gasteiger charge is -2.34. The number of rotatable bonds is 4. The Hall–Kier alpha value is -2.76. The molecule has 0 aliphatic carbocycles. The largest absolute Gasteiger partial charge is 0.479 e. The van der Waals surface area contributed by atoms with E-state index in [-0.39, 0.29) is 24.3 Å². The van der Waals surface area contributed by atoms with Crippen molar-refractivity contribution in [1.82, 2.24) is 4.90 Å². The number of carbonyl (C=O) groups excluding carboxylic acids is 1. The van der Waals surface area contributed by atoms with E-state index >= 15 is 0 Å². The normalized spacial score (nSPS) is 16.4. The van der Waals surface area contributed by atoms with Crippen LogP contribution in [-0.2, 0) is 22.4 Å². The van der Waals surface area contributed by atoms with Crippen molar-refractivity contribution in [1.29, 1.82) is 0 Å². The molecule has 2 aromatic carbocycles. The van der Waals surface area contributed by atoms with E-state index in [1.807, 2.05) is 12.1 Å². The molecule has 1 amide bonds. The van der Waals surface area contributed by atoms with Gasteiger partial charge in [-0.1, -0.05) is 36.4 Å². The third kappa shape index (κ3) is 3.38. The summed E-state index contributed by atoms with van der Waals surface area (Å²) < 4.78 is 26.9. The summed E-state index contributed by atoms with van der Waals surface area (Å²) >= 11 is 0. The molecule has 130 valence electrons. The number of carboxylic acid groups (broad SMARTS) is 1. The number of halogens is 2. The molecule has 1 aliphatic heterocycles. The summed E-state index contributed by atoms with van der Waals surface area (Å²) in [7, 11) is 0. The molecule has 1 unspecified atom stereocenters. The zero-order chi connectivity index (χ0) is 18.0. The predicted molar refractivity (Wildman–Crippen MR) is 86.9 cm³/mol. The number of aliphatic carboxylic acids is 1. The van der Waals surface area contributed by atoms with Gasteiger partial charge in [-0.2, -0.15) is 0 Å². The predicted octanol–water partition coefficient (Wildman–Crippen LogP) is 3.11. The van der Waals surface area contributed by atoms with E-state index < -0.39 is 23.6 Å². The Kier molecular flexibility index (Phi) is 4.79. The molecule has 1 heterocycles. The minimum atomic E-state index is -1.10. The van der Waals surface area contributed by atoms with Crippen LogP contribution in [0.25, 0.3) is 0 Å². The van der Waals surface area contributed by atoms with Crippen LogP contribution in [0.5, 0.6) is 0 Å². The second kappa shape index (κ2) is 7.01.